The smallest absolute Gasteiger partial charge is 0.253 e. The molecule has 0 unspecified atom stereocenters. The number of amides is 1. The number of halogens is 2. The van der Waals surface area contributed by atoms with Crippen molar-refractivity contribution in [1.29, 1.82) is 0 Å². The second kappa shape index (κ2) is 6.50. The average molecular weight is 336 g/mol. The molecular weight excluding hydrogens is 321 g/mol. The van der Waals surface area contributed by atoms with E-state index < -0.39 is 11.7 Å². The van der Waals surface area contributed by atoms with E-state index >= 15 is 0 Å². The Labute approximate surface area is 137 Å². The van der Waals surface area contributed by atoms with Crippen LogP contribution in [0.3, 0.4) is 0 Å². The maximum absolute atomic E-state index is 13.0. The third-order valence-corrected chi connectivity index (χ3v) is 4.02. The van der Waals surface area contributed by atoms with Gasteiger partial charge in [-0.2, -0.15) is 0 Å². The Hall–Kier alpha value is -2.21. The Morgan fingerprint density at radius 1 is 1.39 bits per heavy atom. The fourth-order valence-corrected chi connectivity index (χ4v) is 2.52. The lowest BCUT2D eigenvalue weighted by Crippen LogP contribution is -2.31. The van der Waals surface area contributed by atoms with Crippen molar-refractivity contribution in [3.8, 4) is 0 Å². The fraction of sp³-hybridized carbons (Fsp3) is 0.312. The summed E-state index contributed by atoms with van der Waals surface area (Å²) in [5, 5.41) is 2.70. The second-order valence-electron chi connectivity index (χ2n) is 5.50. The van der Waals surface area contributed by atoms with E-state index in [1.165, 1.54) is 23.0 Å². The lowest BCUT2D eigenvalue weighted by Gasteiger charge is -2.09. The van der Waals surface area contributed by atoms with Crippen molar-refractivity contribution in [1.82, 2.24) is 14.9 Å². The minimum absolute atomic E-state index is 0.0510. The first-order valence-electron chi connectivity index (χ1n) is 7.34. The van der Waals surface area contributed by atoms with Crippen LogP contribution in [0.2, 0.25) is 5.02 Å². The molecule has 0 spiro atoms. The molecule has 0 aliphatic heterocycles. The SMILES string of the molecule is O=C(NCCn1cnc(C2CC2)cc1=O)c1ccc(F)cc1Cl. The van der Waals surface area contributed by atoms with Gasteiger partial charge in [0.25, 0.3) is 11.5 Å². The molecule has 2 aromatic rings. The summed E-state index contributed by atoms with van der Waals surface area (Å²) in [6.45, 7) is 0.554. The van der Waals surface area contributed by atoms with Gasteiger partial charge in [-0.25, -0.2) is 9.37 Å². The van der Waals surface area contributed by atoms with Gasteiger partial charge in [0, 0.05) is 25.1 Å². The first-order chi connectivity index (χ1) is 11.0. The zero-order valence-corrected chi connectivity index (χ0v) is 13.0. The predicted octanol–water partition coefficient (Wildman–Crippen LogP) is 2.34. The molecule has 1 aromatic heterocycles. The van der Waals surface area contributed by atoms with Crippen LogP contribution in [-0.2, 0) is 6.54 Å². The summed E-state index contributed by atoms with van der Waals surface area (Å²) in [4.78, 5) is 28.2. The average Bonchev–Trinajstić information content (AvgIpc) is 3.33. The predicted molar refractivity (Wildman–Crippen MR) is 84.2 cm³/mol. The number of hydrogen-bond acceptors (Lipinski definition) is 3. The highest BCUT2D eigenvalue weighted by molar-refractivity contribution is 6.33. The maximum Gasteiger partial charge on any atom is 0.253 e. The van der Waals surface area contributed by atoms with E-state index in [0.29, 0.717) is 12.5 Å². The number of aromatic nitrogens is 2. The second-order valence-corrected chi connectivity index (χ2v) is 5.91. The molecule has 23 heavy (non-hydrogen) atoms. The topological polar surface area (TPSA) is 64.0 Å². The van der Waals surface area contributed by atoms with Crippen LogP contribution >= 0.6 is 11.6 Å². The Morgan fingerprint density at radius 2 is 2.17 bits per heavy atom. The molecule has 3 rings (SSSR count). The van der Waals surface area contributed by atoms with E-state index in [1.54, 1.807) is 6.07 Å². The minimum atomic E-state index is -0.500. The summed E-state index contributed by atoms with van der Waals surface area (Å²) in [6, 6.07) is 5.13. The molecule has 1 amide bonds. The standard InChI is InChI=1S/C16H15ClFN3O2/c17-13-7-11(18)3-4-12(13)16(23)19-5-6-21-9-20-14(8-15(21)22)10-1-2-10/h3-4,7-10H,1-2,5-6H2,(H,19,23). The molecule has 1 saturated carbocycles. The van der Waals surface area contributed by atoms with E-state index in [1.807, 2.05) is 0 Å². The van der Waals surface area contributed by atoms with E-state index in [9.17, 15) is 14.0 Å². The first kappa shape index (κ1) is 15.7. The van der Waals surface area contributed by atoms with E-state index in [-0.39, 0.29) is 22.7 Å². The molecule has 0 radical (unpaired) electrons. The maximum atomic E-state index is 13.0. The van der Waals surface area contributed by atoms with Crippen LogP contribution in [0.25, 0.3) is 0 Å². The summed E-state index contributed by atoms with van der Waals surface area (Å²) >= 11 is 5.83. The van der Waals surface area contributed by atoms with Crippen molar-refractivity contribution >= 4 is 17.5 Å². The monoisotopic (exact) mass is 335 g/mol. The summed E-state index contributed by atoms with van der Waals surface area (Å²) in [7, 11) is 0. The highest BCUT2D eigenvalue weighted by Crippen LogP contribution is 2.38. The first-order valence-corrected chi connectivity index (χ1v) is 7.72. The molecule has 0 bridgehead atoms. The summed E-state index contributed by atoms with van der Waals surface area (Å²) in [6.07, 6.45) is 3.68. The van der Waals surface area contributed by atoms with E-state index in [4.69, 9.17) is 11.6 Å². The molecule has 120 valence electrons. The van der Waals surface area contributed by atoms with Gasteiger partial charge in [0.1, 0.15) is 5.82 Å². The third-order valence-electron chi connectivity index (χ3n) is 3.71. The van der Waals surface area contributed by atoms with E-state index in [2.05, 4.69) is 10.3 Å². The number of rotatable bonds is 5. The number of benzene rings is 1. The number of nitrogens with one attached hydrogen (secondary N) is 1. The molecule has 1 aliphatic carbocycles. The highest BCUT2D eigenvalue weighted by atomic mass is 35.5. The molecule has 1 aliphatic rings. The summed E-state index contributed by atoms with van der Waals surface area (Å²) < 4.78 is 14.4. The van der Waals surface area contributed by atoms with Gasteiger partial charge in [0.05, 0.1) is 22.6 Å². The lowest BCUT2D eigenvalue weighted by molar-refractivity contribution is 0.0952. The van der Waals surface area contributed by atoms with Gasteiger partial charge in [-0.1, -0.05) is 11.6 Å². The van der Waals surface area contributed by atoms with Crippen molar-refractivity contribution in [2.45, 2.75) is 25.3 Å². The van der Waals surface area contributed by atoms with Crippen LogP contribution < -0.4 is 10.9 Å². The van der Waals surface area contributed by atoms with Crippen LogP contribution in [-0.4, -0.2) is 22.0 Å². The van der Waals surface area contributed by atoms with Crippen molar-refractivity contribution in [3.63, 3.8) is 0 Å². The number of hydrogen-bond donors (Lipinski definition) is 1. The molecule has 0 atom stereocenters. The zero-order valence-electron chi connectivity index (χ0n) is 12.3. The van der Waals surface area contributed by atoms with Gasteiger partial charge in [0.2, 0.25) is 0 Å². The normalized spacial score (nSPS) is 13.8. The molecular formula is C16H15ClFN3O2. The van der Waals surface area contributed by atoms with Crippen molar-refractivity contribution < 1.29 is 9.18 Å². The summed E-state index contributed by atoms with van der Waals surface area (Å²) in [5.41, 5.74) is 0.909. The van der Waals surface area contributed by atoms with Crippen molar-refractivity contribution in [3.05, 3.63) is 63.0 Å². The van der Waals surface area contributed by atoms with Crippen LogP contribution in [0, 0.1) is 5.82 Å². The van der Waals surface area contributed by atoms with E-state index in [0.717, 1.165) is 24.6 Å². The van der Waals surface area contributed by atoms with Gasteiger partial charge in [-0.05, 0) is 31.0 Å². The molecule has 1 N–H and O–H groups in total. The van der Waals surface area contributed by atoms with Gasteiger partial charge in [0.15, 0.2) is 0 Å². The quantitative estimate of drug-likeness (QED) is 0.912. The molecule has 1 heterocycles. The summed E-state index contributed by atoms with van der Waals surface area (Å²) in [5.74, 6) is -0.483. The van der Waals surface area contributed by atoms with Crippen LogP contribution in [0.1, 0.15) is 34.8 Å². The Bertz CT molecular complexity index is 802. The van der Waals surface area contributed by atoms with Gasteiger partial charge in [-0.3, -0.25) is 14.2 Å². The molecule has 0 saturated heterocycles. The van der Waals surface area contributed by atoms with Crippen LogP contribution in [0.4, 0.5) is 4.39 Å². The molecule has 5 nitrogen and oxygen atoms in total. The Morgan fingerprint density at radius 3 is 2.83 bits per heavy atom. The molecule has 1 fully saturated rings. The third kappa shape index (κ3) is 3.76. The van der Waals surface area contributed by atoms with Gasteiger partial charge in [-0.15, -0.1) is 0 Å². The van der Waals surface area contributed by atoms with Crippen molar-refractivity contribution in [2.24, 2.45) is 0 Å². The number of nitrogens with zero attached hydrogens (tertiary/aromatic N) is 2. The number of carbonyl (C=O) groups excluding carboxylic acids is 1. The number of carbonyl (C=O) groups is 1. The van der Waals surface area contributed by atoms with Crippen LogP contribution in [0.5, 0.6) is 0 Å². The fourth-order valence-electron chi connectivity index (χ4n) is 2.27. The van der Waals surface area contributed by atoms with Gasteiger partial charge >= 0.3 is 0 Å². The Balaban J connectivity index is 1.58. The minimum Gasteiger partial charge on any atom is -0.350 e. The van der Waals surface area contributed by atoms with Crippen LogP contribution in [0.15, 0.2) is 35.4 Å². The van der Waals surface area contributed by atoms with Gasteiger partial charge < -0.3 is 5.32 Å². The Kier molecular flexibility index (Phi) is 4.43. The lowest BCUT2D eigenvalue weighted by atomic mass is 10.2. The molecule has 1 aromatic carbocycles. The largest absolute Gasteiger partial charge is 0.350 e. The zero-order chi connectivity index (χ0) is 16.4. The van der Waals surface area contributed by atoms with Crippen molar-refractivity contribution in [2.75, 3.05) is 6.54 Å². The molecule has 7 heteroatoms. The highest BCUT2D eigenvalue weighted by Gasteiger charge is 2.25.